The molecule has 0 radical (unpaired) electrons. The van der Waals surface area contributed by atoms with Gasteiger partial charge in [-0.05, 0) is 44.1 Å². The lowest BCUT2D eigenvalue weighted by atomic mass is 9.74. The molecule has 1 aliphatic carbocycles. The molecule has 1 aliphatic heterocycles. The molecule has 3 atom stereocenters. The van der Waals surface area contributed by atoms with Crippen molar-refractivity contribution in [2.75, 3.05) is 19.6 Å². The third-order valence-electron chi connectivity index (χ3n) is 4.78. The minimum absolute atomic E-state index is 0.354. The highest BCUT2D eigenvalue weighted by molar-refractivity contribution is 4.97. The molecule has 2 aliphatic rings. The average Bonchev–Trinajstić information content (AvgIpc) is 2.29. The molecule has 0 bridgehead atoms. The Morgan fingerprint density at radius 3 is 2.56 bits per heavy atom. The van der Waals surface area contributed by atoms with Gasteiger partial charge in [0, 0.05) is 18.6 Å². The van der Waals surface area contributed by atoms with Crippen molar-refractivity contribution in [2.24, 2.45) is 17.6 Å². The fraction of sp³-hybridized carbons (Fsp3) is 1.00. The summed E-state index contributed by atoms with van der Waals surface area (Å²) in [5, 5.41) is 0. The number of hydrogen-bond donors (Lipinski definition) is 1. The highest BCUT2D eigenvalue weighted by Gasteiger charge is 2.40. The summed E-state index contributed by atoms with van der Waals surface area (Å²) in [5.41, 5.74) is 6.49. The summed E-state index contributed by atoms with van der Waals surface area (Å²) in [4.78, 5) is 2.73. The third kappa shape index (κ3) is 2.43. The quantitative estimate of drug-likeness (QED) is 0.781. The summed E-state index contributed by atoms with van der Waals surface area (Å²) in [6.45, 7) is 8.22. The van der Waals surface area contributed by atoms with E-state index in [0.717, 1.165) is 18.4 Å². The molecule has 2 N–H and O–H groups in total. The highest BCUT2D eigenvalue weighted by Crippen LogP contribution is 2.38. The molecule has 2 fully saturated rings. The van der Waals surface area contributed by atoms with E-state index in [0.29, 0.717) is 5.54 Å². The highest BCUT2D eigenvalue weighted by atomic mass is 15.2. The number of nitrogens with zero attached hydrogens (tertiary/aromatic N) is 1. The van der Waals surface area contributed by atoms with E-state index >= 15 is 0 Å². The van der Waals surface area contributed by atoms with Gasteiger partial charge >= 0.3 is 0 Å². The molecule has 2 rings (SSSR count). The van der Waals surface area contributed by atoms with Crippen LogP contribution in [0.2, 0.25) is 0 Å². The van der Waals surface area contributed by atoms with Gasteiger partial charge in [0.25, 0.3) is 0 Å². The molecule has 94 valence electrons. The maximum Gasteiger partial charge on any atom is 0.0334 e. The Kier molecular flexibility index (Phi) is 3.91. The van der Waals surface area contributed by atoms with E-state index in [1.807, 2.05) is 0 Å². The Morgan fingerprint density at radius 2 is 1.94 bits per heavy atom. The number of likely N-dealkylation sites (tertiary alicyclic amines) is 1. The van der Waals surface area contributed by atoms with Crippen molar-refractivity contribution < 1.29 is 0 Å². The lowest BCUT2D eigenvalue weighted by Gasteiger charge is -2.50. The van der Waals surface area contributed by atoms with E-state index in [1.165, 1.54) is 51.6 Å². The number of piperidine rings is 1. The molecule has 1 saturated carbocycles. The smallest absolute Gasteiger partial charge is 0.0334 e. The Labute approximate surface area is 101 Å². The summed E-state index contributed by atoms with van der Waals surface area (Å²) in [6, 6.07) is 0. The van der Waals surface area contributed by atoms with Crippen LogP contribution in [0, 0.1) is 11.8 Å². The summed E-state index contributed by atoms with van der Waals surface area (Å²) in [5.74, 6) is 1.74. The Bertz CT molecular complexity index is 229. The van der Waals surface area contributed by atoms with Gasteiger partial charge in [-0.3, -0.25) is 4.90 Å². The van der Waals surface area contributed by atoms with Gasteiger partial charge in [-0.2, -0.15) is 0 Å². The average molecular weight is 224 g/mol. The molecular formula is C14H28N2. The molecule has 1 heterocycles. The van der Waals surface area contributed by atoms with Gasteiger partial charge in [-0.25, -0.2) is 0 Å². The standard InChI is InChI=1S/C14H28N2/c1-12-5-3-7-14(9-12,11-15)16-8-4-6-13(2)10-16/h12-13H,3-11,15H2,1-2H3. The first-order valence-electron chi connectivity index (χ1n) is 7.11. The van der Waals surface area contributed by atoms with Crippen molar-refractivity contribution in [1.29, 1.82) is 0 Å². The van der Waals surface area contributed by atoms with E-state index in [-0.39, 0.29) is 0 Å². The van der Waals surface area contributed by atoms with Crippen molar-refractivity contribution in [1.82, 2.24) is 4.90 Å². The fourth-order valence-electron chi connectivity index (χ4n) is 3.85. The van der Waals surface area contributed by atoms with Gasteiger partial charge in [0.15, 0.2) is 0 Å². The van der Waals surface area contributed by atoms with Crippen LogP contribution >= 0.6 is 0 Å². The third-order valence-corrected chi connectivity index (χ3v) is 4.78. The zero-order valence-electron chi connectivity index (χ0n) is 11.0. The molecule has 1 saturated heterocycles. The van der Waals surface area contributed by atoms with Crippen molar-refractivity contribution >= 4 is 0 Å². The molecule has 2 heteroatoms. The predicted octanol–water partition coefficient (Wildman–Crippen LogP) is 2.63. The lowest BCUT2D eigenvalue weighted by Crippen LogP contribution is -2.58. The maximum atomic E-state index is 6.14. The van der Waals surface area contributed by atoms with E-state index in [9.17, 15) is 0 Å². The largest absolute Gasteiger partial charge is 0.329 e. The minimum Gasteiger partial charge on any atom is -0.329 e. The normalized spacial score (nSPS) is 42.2. The van der Waals surface area contributed by atoms with Crippen LogP contribution in [-0.4, -0.2) is 30.1 Å². The maximum absolute atomic E-state index is 6.14. The van der Waals surface area contributed by atoms with Crippen molar-refractivity contribution in [2.45, 2.75) is 57.9 Å². The second-order valence-electron chi connectivity index (χ2n) is 6.32. The molecule has 0 aromatic rings. The van der Waals surface area contributed by atoms with E-state index in [2.05, 4.69) is 18.7 Å². The van der Waals surface area contributed by atoms with Gasteiger partial charge in [0.1, 0.15) is 0 Å². The second-order valence-corrected chi connectivity index (χ2v) is 6.32. The van der Waals surface area contributed by atoms with Gasteiger partial charge in [-0.1, -0.05) is 26.7 Å². The molecule has 0 aromatic carbocycles. The number of rotatable bonds is 2. The first kappa shape index (κ1) is 12.4. The SMILES string of the molecule is CC1CCCN(C2(CN)CCCC(C)C2)C1. The van der Waals surface area contributed by atoms with Gasteiger partial charge in [0.05, 0.1) is 0 Å². The minimum atomic E-state index is 0.354. The summed E-state index contributed by atoms with van der Waals surface area (Å²) in [7, 11) is 0. The fourth-order valence-corrected chi connectivity index (χ4v) is 3.85. The van der Waals surface area contributed by atoms with Crippen LogP contribution < -0.4 is 5.73 Å². The van der Waals surface area contributed by atoms with Gasteiger partial charge in [0.2, 0.25) is 0 Å². The van der Waals surface area contributed by atoms with E-state index < -0.39 is 0 Å². The topological polar surface area (TPSA) is 29.3 Å². The molecule has 16 heavy (non-hydrogen) atoms. The molecular weight excluding hydrogens is 196 g/mol. The summed E-state index contributed by atoms with van der Waals surface area (Å²) in [6.07, 6.45) is 8.23. The van der Waals surface area contributed by atoms with Crippen LogP contribution in [0.3, 0.4) is 0 Å². The van der Waals surface area contributed by atoms with E-state index in [4.69, 9.17) is 5.73 Å². The van der Waals surface area contributed by atoms with Crippen LogP contribution in [-0.2, 0) is 0 Å². The Hall–Kier alpha value is -0.0800. The number of nitrogens with two attached hydrogens (primary N) is 1. The first-order valence-corrected chi connectivity index (χ1v) is 7.11. The van der Waals surface area contributed by atoms with Crippen molar-refractivity contribution in [3.05, 3.63) is 0 Å². The van der Waals surface area contributed by atoms with Crippen LogP contribution in [0.4, 0.5) is 0 Å². The van der Waals surface area contributed by atoms with Crippen LogP contribution in [0.1, 0.15) is 52.4 Å². The van der Waals surface area contributed by atoms with Crippen LogP contribution in [0.5, 0.6) is 0 Å². The molecule has 3 unspecified atom stereocenters. The zero-order valence-corrected chi connectivity index (χ0v) is 11.0. The molecule has 0 amide bonds. The molecule has 0 spiro atoms. The number of hydrogen-bond acceptors (Lipinski definition) is 2. The summed E-state index contributed by atoms with van der Waals surface area (Å²) >= 11 is 0. The summed E-state index contributed by atoms with van der Waals surface area (Å²) < 4.78 is 0. The Morgan fingerprint density at radius 1 is 1.19 bits per heavy atom. The van der Waals surface area contributed by atoms with Crippen molar-refractivity contribution in [3.8, 4) is 0 Å². The van der Waals surface area contributed by atoms with Crippen LogP contribution in [0.15, 0.2) is 0 Å². The van der Waals surface area contributed by atoms with Crippen LogP contribution in [0.25, 0.3) is 0 Å². The predicted molar refractivity (Wildman–Crippen MR) is 69.4 cm³/mol. The monoisotopic (exact) mass is 224 g/mol. The van der Waals surface area contributed by atoms with Gasteiger partial charge in [-0.15, -0.1) is 0 Å². The van der Waals surface area contributed by atoms with Gasteiger partial charge < -0.3 is 5.73 Å². The molecule has 2 nitrogen and oxygen atoms in total. The van der Waals surface area contributed by atoms with E-state index in [1.54, 1.807) is 0 Å². The second kappa shape index (κ2) is 5.05. The van der Waals surface area contributed by atoms with Crippen molar-refractivity contribution in [3.63, 3.8) is 0 Å². The first-order chi connectivity index (χ1) is 7.66. The molecule has 0 aromatic heterocycles. The zero-order chi connectivity index (χ0) is 11.6. The lowest BCUT2D eigenvalue weighted by molar-refractivity contribution is 0.00981. The Balaban J connectivity index is 2.07.